The molecule has 0 heterocycles. The maximum atomic E-state index is 13.5. The van der Waals surface area contributed by atoms with Crippen molar-refractivity contribution in [3.63, 3.8) is 0 Å². The minimum absolute atomic E-state index is 0.0444. The molecule has 0 aliphatic carbocycles. The lowest BCUT2D eigenvalue weighted by Crippen LogP contribution is -2.28. The van der Waals surface area contributed by atoms with Crippen LogP contribution in [0.4, 0.5) is 14.5 Å². The van der Waals surface area contributed by atoms with Gasteiger partial charge in [-0.05, 0) is 36.8 Å². The molecule has 2 aromatic rings. The molecule has 27 heavy (non-hydrogen) atoms. The number of hydrogen-bond acceptors (Lipinski definition) is 4. The van der Waals surface area contributed by atoms with Crippen LogP contribution < -0.4 is 10.6 Å². The Balaban J connectivity index is 1.91. The zero-order chi connectivity index (χ0) is 20.0. The average molecular weight is 376 g/mol. The Hall–Kier alpha value is -3.29. The fourth-order valence-electron chi connectivity index (χ4n) is 2.27. The summed E-state index contributed by atoms with van der Waals surface area (Å²) in [4.78, 5) is 35.5. The Morgan fingerprint density at radius 2 is 1.81 bits per heavy atom. The highest BCUT2D eigenvalue weighted by molar-refractivity contribution is 5.96. The lowest BCUT2D eigenvalue weighted by molar-refractivity contribution is -0.116. The molecule has 2 aromatic carbocycles. The minimum Gasteiger partial charge on any atom is -0.465 e. The summed E-state index contributed by atoms with van der Waals surface area (Å²) in [5, 5.41) is 5.03. The van der Waals surface area contributed by atoms with Gasteiger partial charge in [-0.2, -0.15) is 0 Å². The van der Waals surface area contributed by atoms with Gasteiger partial charge in [-0.15, -0.1) is 0 Å². The first-order valence-electron chi connectivity index (χ1n) is 8.04. The van der Waals surface area contributed by atoms with E-state index in [9.17, 15) is 23.2 Å². The second-order valence-electron chi connectivity index (χ2n) is 5.70. The fraction of sp³-hybridized carbons (Fsp3) is 0.211. The summed E-state index contributed by atoms with van der Waals surface area (Å²) in [6.45, 7) is 1.72. The first-order chi connectivity index (χ1) is 12.8. The number of hydrogen-bond donors (Lipinski definition) is 2. The SMILES string of the molecule is COC(=O)c1ccc(C)c(NC(=O)CCNC(=O)c2ccc(F)cc2F)c1. The molecular weight excluding hydrogens is 358 g/mol. The normalized spacial score (nSPS) is 10.2. The number of nitrogens with one attached hydrogen (secondary N) is 2. The van der Waals surface area contributed by atoms with Gasteiger partial charge in [0.15, 0.2) is 0 Å². The molecule has 0 spiro atoms. The van der Waals surface area contributed by atoms with E-state index in [1.807, 2.05) is 0 Å². The molecule has 8 heteroatoms. The molecule has 0 bridgehead atoms. The minimum atomic E-state index is -0.979. The van der Waals surface area contributed by atoms with Crippen LogP contribution in [-0.2, 0) is 9.53 Å². The smallest absolute Gasteiger partial charge is 0.337 e. The molecule has 0 saturated heterocycles. The number of anilines is 1. The predicted octanol–water partition coefficient (Wildman–Crippen LogP) is 2.82. The number of methoxy groups -OCH3 is 1. The second-order valence-corrected chi connectivity index (χ2v) is 5.70. The zero-order valence-corrected chi connectivity index (χ0v) is 14.8. The number of benzene rings is 2. The van der Waals surface area contributed by atoms with Crippen molar-refractivity contribution >= 4 is 23.5 Å². The lowest BCUT2D eigenvalue weighted by atomic mass is 10.1. The van der Waals surface area contributed by atoms with Crippen molar-refractivity contribution < 1.29 is 27.9 Å². The highest BCUT2D eigenvalue weighted by atomic mass is 19.1. The van der Waals surface area contributed by atoms with E-state index in [0.29, 0.717) is 17.3 Å². The Kier molecular flexibility index (Phi) is 6.59. The van der Waals surface area contributed by atoms with Gasteiger partial charge in [0.25, 0.3) is 5.91 Å². The third-order valence-electron chi connectivity index (χ3n) is 3.75. The second kappa shape index (κ2) is 8.88. The molecule has 2 rings (SSSR count). The molecule has 0 fully saturated rings. The van der Waals surface area contributed by atoms with Crippen molar-refractivity contribution in [3.8, 4) is 0 Å². The topological polar surface area (TPSA) is 84.5 Å². The van der Waals surface area contributed by atoms with Crippen LogP contribution in [0, 0.1) is 18.6 Å². The van der Waals surface area contributed by atoms with Gasteiger partial charge in [-0.25, -0.2) is 13.6 Å². The monoisotopic (exact) mass is 376 g/mol. The van der Waals surface area contributed by atoms with Crippen LogP contribution in [0.25, 0.3) is 0 Å². The van der Waals surface area contributed by atoms with Gasteiger partial charge in [0.05, 0.1) is 18.2 Å². The molecule has 6 nitrogen and oxygen atoms in total. The van der Waals surface area contributed by atoms with Crippen LogP contribution in [0.15, 0.2) is 36.4 Å². The van der Waals surface area contributed by atoms with Crippen molar-refractivity contribution in [3.05, 3.63) is 64.7 Å². The van der Waals surface area contributed by atoms with Gasteiger partial charge < -0.3 is 15.4 Å². The van der Waals surface area contributed by atoms with E-state index < -0.39 is 29.4 Å². The molecule has 0 aliphatic rings. The summed E-state index contributed by atoms with van der Waals surface area (Å²) in [5.74, 6) is -3.44. The number of esters is 1. The van der Waals surface area contributed by atoms with E-state index >= 15 is 0 Å². The van der Waals surface area contributed by atoms with Crippen molar-refractivity contribution in [2.24, 2.45) is 0 Å². The molecule has 142 valence electrons. The Morgan fingerprint density at radius 3 is 2.48 bits per heavy atom. The third kappa shape index (κ3) is 5.34. The number of rotatable bonds is 6. The van der Waals surface area contributed by atoms with Gasteiger partial charge in [-0.3, -0.25) is 9.59 Å². The predicted molar refractivity (Wildman–Crippen MR) is 94.5 cm³/mol. The fourth-order valence-corrected chi connectivity index (χ4v) is 2.27. The van der Waals surface area contributed by atoms with Gasteiger partial charge in [0.2, 0.25) is 5.91 Å². The summed E-state index contributed by atoms with van der Waals surface area (Å²) >= 11 is 0. The van der Waals surface area contributed by atoms with Gasteiger partial charge in [-0.1, -0.05) is 6.07 Å². The van der Waals surface area contributed by atoms with Crippen molar-refractivity contribution in [2.75, 3.05) is 19.0 Å². The molecule has 0 aromatic heterocycles. The first kappa shape index (κ1) is 20.0. The van der Waals surface area contributed by atoms with Crippen LogP contribution in [0.1, 0.15) is 32.7 Å². The van der Waals surface area contributed by atoms with E-state index in [4.69, 9.17) is 0 Å². The third-order valence-corrected chi connectivity index (χ3v) is 3.75. The Bertz CT molecular complexity index is 884. The number of aryl methyl sites for hydroxylation is 1. The van der Waals surface area contributed by atoms with Crippen molar-refractivity contribution in [1.82, 2.24) is 5.32 Å². The van der Waals surface area contributed by atoms with Gasteiger partial charge in [0, 0.05) is 24.7 Å². The van der Waals surface area contributed by atoms with E-state index in [-0.39, 0.29) is 18.5 Å². The summed E-state index contributed by atoms with van der Waals surface area (Å²) in [6.07, 6.45) is -0.0730. The van der Waals surface area contributed by atoms with Crippen LogP contribution in [0.3, 0.4) is 0 Å². The quantitative estimate of drug-likeness (QED) is 0.760. The first-order valence-corrected chi connectivity index (χ1v) is 8.04. The number of carbonyl (C=O) groups excluding carboxylic acids is 3. The summed E-state index contributed by atoms with van der Waals surface area (Å²) in [7, 11) is 1.26. The Labute approximate surface area is 154 Å². The van der Waals surface area contributed by atoms with E-state index in [2.05, 4.69) is 15.4 Å². The van der Waals surface area contributed by atoms with Crippen molar-refractivity contribution in [1.29, 1.82) is 0 Å². The zero-order valence-electron chi connectivity index (χ0n) is 14.8. The van der Waals surface area contributed by atoms with E-state index in [1.54, 1.807) is 19.1 Å². The van der Waals surface area contributed by atoms with E-state index in [0.717, 1.165) is 17.7 Å². The molecule has 0 aliphatic heterocycles. The van der Waals surface area contributed by atoms with E-state index in [1.165, 1.54) is 13.2 Å². The molecule has 0 radical (unpaired) electrons. The van der Waals surface area contributed by atoms with Crippen molar-refractivity contribution in [2.45, 2.75) is 13.3 Å². The number of amides is 2. The van der Waals surface area contributed by atoms with Crippen LogP contribution in [0.2, 0.25) is 0 Å². The molecular formula is C19H18F2N2O4. The number of ether oxygens (including phenoxy) is 1. The maximum Gasteiger partial charge on any atom is 0.337 e. The van der Waals surface area contributed by atoms with Crippen LogP contribution in [0.5, 0.6) is 0 Å². The van der Waals surface area contributed by atoms with Crippen LogP contribution >= 0.6 is 0 Å². The number of carbonyl (C=O) groups is 3. The van der Waals surface area contributed by atoms with Crippen LogP contribution in [-0.4, -0.2) is 31.4 Å². The average Bonchev–Trinajstić information content (AvgIpc) is 2.62. The number of halogens is 2. The standard InChI is InChI=1S/C19H18F2N2O4/c1-11-3-4-12(19(26)27-2)9-16(11)23-17(24)7-8-22-18(25)14-6-5-13(20)10-15(14)21/h3-6,9-10H,7-8H2,1-2H3,(H,22,25)(H,23,24). The Morgan fingerprint density at radius 1 is 1.07 bits per heavy atom. The van der Waals surface area contributed by atoms with Gasteiger partial charge >= 0.3 is 5.97 Å². The molecule has 0 saturated carbocycles. The molecule has 0 unspecified atom stereocenters. The largest absolute Gasteiger partial charge is 0.465 e. The molecule has 0 atom stereocenters. The molecule has 2 amide bonds. The van der Waals surface area contributed by atoms with Gasteiger partial charge in [0.1, 0.15) is 11.6 Å². The summed E-state index contributed by atoms with van der Waals surface area (Å²) < 4.78 is 31.0. The summed E-state index contributed by atoms with van der Waals surface area (Å²) in [6, 6.07) is 7.35. The summed E-state index contributed by atoms with van der Waals surface area (Å²) in [5.41, 5.74) is 1.17. The molecule has 2 N–H and O–H groups in total. The highest BCUT2D eigenvalue weighted by Crippen LogP contribution is 2.18. The highest BCUT2D eigenvalue weighted by Gasteiger charge is 2.13. The lowest BCUT2D eigenvalue weighted by Gasteiger charge is -2.11. The maximum absolute atomic E-state index is 13.5.